The lowest BCUT2D eigenvalue weighted by Gasteiger charge is -2.17. The minimum absolute atomic E-state index is 0.304. The molecule has 19 rings (SSSR count). The largest absolute Gasteiger partial charge is 0.309 e. The zero-order chi connectivity index (χ0) is 61.7. The number of aromatic nitrogens is 5. The highest BCUT2D eigenvalue weighted by Gasteiger charge is 2.26. The van der Waals surface area contributed by atoms with E-state index in [-0.39, 0.29) is 0 Å². The van der Waals surface area contributed by atoms with Crippen LogP contribution in [-0.2, 0) is 0 Å². The monoisotopic (exact) mass is 1180 g/mol. The highest BCUT2D eigenvalue weighted by atomic mass is 15.0. The normalized spacial score (nSPS) is 11.8. The van der Waals surface area contributed by atoms with E-state index in [4.69, 9.17) is 0 Å². The fourth-order valence-electron chi connectivity index (χ4n) is 15.5. The Morgan fingerprint density at radius 1 is 0.237 bits per heavy atom. The van der Waals surface area contributed by atoms with Crippen LogP contribution in [0.4, 0.5) is 0 Å². The van der Waals surface area contributed by atoms with Gasteiger partial charge in [-0.2, -0.15) is 21.0 Å². The molecule has 0 fully saturated rings. The second kappa shape index (κ2) is 19.5. The number of nitriles is 4. The molecule has 14 aromatic carbocycles. The summed E-state index contributed by atoms with van der Waals surface area (Å²) < 4.78 is 11.1. The van der Waals surface area contributed by atoms with Crippen LogP contribution in [-0.4, -0.2) is 22.8 Å². The first-order valence-electron chi connectivity index (χ1n) is 30.9. The van der Waals surface area contributed by atoms with E-state index < -0.39 is 0 Å². The summed E-state index contributed by atoms with van der Waals surface area (Å²) in [5.41, 5.74) is 17.2. The van der Waals surface area contributed by atoms with E-state index >= 15 is 0 Å². The van der Waals surface area contributed by atoms with Crippen molar-refractivity contribution in [3.63, 3.8) is 0 Å². The Labute approximate surface area is 530 Å². The Balaban J connectivity index is 0.776. The number of para-hydroxylation sites is 6. The molecule has 0 unspecified atom stereocenters. The minimum atomic E-state index is 0.304. The number of hydrogen-bond acceptors (Lipinski definition) is 4. The van der Waals surface area contributed by atoms with Crippen LogP contribution in [0, 0.1) is 45.3 Å². The molecule has 0 aliphatic carbocycles. The summed E-state index contributed by atoms with van der Waals surface area (Å²) >= 11 is 0. The number of hydrogen-bond donors (Lipinski definition) is 0. The van der Waals surface area contributed by atoms with E-state index in [2.05, 4.69) is 253 Å². The van der Waals surface area contributed by atoms with Crippen molar-refractivity contribution < 1.29 is 0 Å². The molecule has 0 aliphatic rings. The fraction of sp³-hybridized carbons (Fsp3) is 0. The molecule has 5 heterocycles. The van der Waals surface area contributed by atoms with Gasteiger partial charge in [-0.1, -0.05) is 170 Å². The van der Waals surface area contributed by atoms with Crippen molar-refractivity contribution in [2.24, 2.45) is 0 Å². The van der Waals surface area contributed by atoms with E-state index in [1.54, 1.807) is 0 Å². The van der Waals surface area contributed by atoms with Crippen LogP contribution < -0.4 is 0 Å². The van der Waals surface area contributed by atoms with Gasteiger partial charge in [-0.15, -0.1) is 0 Å². The van der Waals surface area contributed by atoms with Gasteiger partial charge in [-0.3, -0.25) is 0 Å². The van der Waals surface area contributed by atoms with Crippen molar-refractivity contribution in [3.8, 4) is 63.8 Å². The van der Waals surface area contributed by atoms with Crippen LogP contribution in [0.3, 0.4) is 0 Å². The van der Waals surface area contributed by atoms with Crippen molar-refractivity contribution in [1.82, 2.24) is 22.8 Å². The number of rotatable bonds is 6. The first-order valence-corrected chi connectivity index (χ1v) is 30.9. The summed E-state index contributed by atoms with van der Waals surface area (Å²) in [4.78, 5) is 0. The maximum absolute atomic E-state index is 11.5. The zero-order valence-corrected chi connectivity index (χ0v) is 49.5. The predicted molar refractivity (Wildman–Crippen MR) is 377 cm³/mol. The van der Waals surface area contributed by atoms with Gasteiger partial charge in [0, 0.05) is 70.6 Å². The van der Waals surface area contributed by atoms with Crippen molar-refractivity contribution in [2.75, 3.05) is 0 Å². The van der Waals surface area contributed by atoms with E-state index in [0.29, 0.717) is 39.3 Å². The third kappa shape index (κ3) is 7.22. The molecule has 0 bridgehead atoms. The lowest BCUT2D eigenvalue weighted by atomic mass is 9.98. The maximum atomic E-state index is 11.5. The highest BCUT2D eigenvalue weighted by molar-refractivity contribution is 6.23. The average Bonchev–Trinajstić information content (AvgIpc) is 1.59. The van der Waals surface area contributed by atoms with Crippen molar-refractivity contribution >= 4 is 131 Å². The summed E-state index contributed by atoms with van der Waals surface area (Å²) in [6.07, 6.45) is 0. The number of benzene rings is 14. The van der Waals surface area contributed by atoms with Crippen LogP contribution in [0.5, 0.6) is 0 Å². The number of fused-ring (bicyclic) bond motifs is 19. The van der Waals surface area contributed by atoms with Gasteiger partial charge in [0.05, 0.1) is 95.0 Å². The van der Waals surface area contributed by atoms with Crippen LogP contribution in [0.2, 0.25) is 0 Å². The molecule has 0 aliphatic heterocycles. The predicted octanol–water partition coefficient (Wildman–Crippen LogP) is 20.6. The molecule has 0 saturated carbocycles. The lowest BCUT2D eigenvalue weighted by Crippen LogP contribution is -2.05. The molecule has 0 spiro atoms. The van der Waals surface area contributed by atoms with Gasteiger partial charge in [-0.05, 0) is 130 Å². The molecule has 0 N–H and O–H groups in total. The third-order valence-electron chi connectivity index (χ3n) is 19.4. The topological polar surface area (TPSA) is 120 Å². The first-order chi connectivity index (χ1) is 46.0. The Hall–Kier alpha value is -13.4. The Morgan fingerprint density at radius 3 is 1.27 bits per heavy atom. The summed E-state index contributed by atoms with van der Waals surface area (Å²) in [5.74, 6) is 0. The summed E-state index contributed by atoms with van der Waals surface area (Å²) in [5, 5.41) is 59.0. The van der Waals surface area contributed by atoms with Gasteiger partial charge in [0.1, 0.15) is 23.8 Å². The quantitative estimate of drug-likeness (QED) is 0.165. The molecule has 0 atom stereocenters. The van der Waals surface area contributed by atoms with Gasteiger partial charge in [0.2, 0.25) is 0 Å². The Kier molecular flexibility index (Phi) is 10.8. The van der Waals surface area contributed by atoms with Gasteiger partial charge in [-0.25, -0.2) is 0 Å². The molecule has 9 heteroatoms. The standard InChI is InChI=1S/C84H45N9/c85-46-50-39-80(91-73-25-11-3-17-60(73)61-18-4-12-26-74(61)91)70(49-88)81(40-50)93-78-38-33-56(44-68(78)83-58-16-2-1-15-51(58)31-37-79(83)93)89-71-23-9-8-22-65(71)67-43-53(32-36-77(67)89)52-29-34-59-54(41-52)30-35-66-64-21-7-10-24-72(64)90(84(59)66)57-42-55(47-86)69(48-87)82(45-57)92-75-27-13-5-19-62(75)63-20-6-14-28-76(63)92/h1-45H. The summed E-state index contributed by atoms with van der Waals surface area (Å²) in [6, 6.07) is 105. The van der Waals surface area contributed by atoms with Gasteiger partial charge >= 0.3 is 0 Å². The van der Waals surface area contributed by atoms with E-state index in [9.17, 15) is 21.0 Å². The van der Waals surface area contributed by atoms with Crippen molar-refractivity contribution in [1.29, 1.82) is 21.0 Å². The molecule has 0 amide bonds. The SMILES string of the molecule is N#Cc1cc(-n2c3ccccc3c3ccccc32)c(C#N)c(-n2c3ccc(-n4c5ccccc5c5cc(-c6ccc7c(ccc8c9ccccc9n(-c9cc(C#N)c(C#N)c(-n%10c%11ccccc%11c%11ccccc%11%10)c9)c78)c6)ccc54)cc3c3c4ccccc4ccc32)c1. The Bertz CT molecular complexity index is 6640. The van der Waals surface area contributed by atoms with Crippen molar-refractivity contribution in [3.05, 3.63) is 295 Å². The van der Waals surface area contributed by atoms with E-state index in [0.717, 1.165) is 153 Å². The van der Waals surface area contributed by atoms with E-state index in [1.807, 2.05) is 66.7 Å². The Morgan fingerprint density at radius 2 is 0.677 bits per heavy atom. The summed E-state index contributed by atoms with van der Waals surface area (Å²) in [7, 11) is 0. The van der Waals surface area contributed by atoms with Crippen LogP contribution in [0.25, 0.3) is 170 Å². The molecule has 0 radical (unpaired) electrons. The van der Waals surface area contributed by atoms with Crippen LogP contribution in [0.15, 0.2) is 273 Å². The summed E-state index contributed by atoms with van der Waals surface area (Å²) in [6.45, 7) is 0. The van der Waals surface area contributed by atoms with Gasteiger partial charge in [0.15, 0.2) is 0 Å². The van der Waals surface area contributed by atoms with E-state index in [1.165, 1.54) is 0 Å². The molecular weight excluding hydrogens is 1130 g/mol. The molecule has 5 aromatic heterocycles. The first kappa shape index (κ1) is 51.6. The zero-order valence-electron chi connectivity index (χ0n) is 49.5. The smallest absolute Gasteiger partial charge is 0.104 e. The van der Waals surface area contributed by atoms with Crippen molar-refractivity contribution in [2.45, 2.75) is 0 Å². The molecule has 93 heavy (non-hydrogen) atoms. The molecule has 426 valence electrons. The number of nitrogens with zero attached hydrogens (tertiary/aromatic N) is 9. The molecule has 9 nitrogen and oxygen atoms in total. The average molecular weight is 1180 g/mol. The second-order valence-electron chi connectivity index (χ2n) is 24.0. The lowest BCUT2D eigenvalue weighted by molar-refractivity contribution is 1.11. The van der Waals surface area contributed by atoms with Gasteiger partial charge < -0.3 is 22.8 Å². The fourth-order valence-corrected chi connectivity index (χ4v) is 15.5. The molecule has 0 saturated heterocycles. The molecule has 19 aromatic rings. The third-order valence-corrected chi connectivity index (χ3v) is 19.4. The molecular formula is C84H45N9. The minimum Gasteiger partial charge on any atom is -0.309 e. The maximum Gasteiger partial charge on any atom is 0.104 e. The van der Waals surface area contributed by atoms with Crippen LogP contribution >= 0.6 is 0 Å². The highest BCUT2D eigenvalue weighted by Crippen LogP contribution is 2.45. The van der Waals surface area contributed by atoms with Crippen LogP contribution in [0.1, 0.15) is 22.3 Å². The van der Waals surface area contributed by atoms with Gasteiger partial charge in [0.25, 0.3) is 0 Å². The second-order valence-corrected chi connectivity index (χ2v) is 24.0.